The maximum atomic E-state index is 12.5. The third kappa shape index (κ3) is 3.34. The lowest BCUT2D eigenvalue weighted by Crippen LogP contribution is -2.30. The minimum absolute atomic E-state index is 0.263. The van der Waals surface area contributed by atoms with Crippen LogP contribution in [0, 0.1) is 0 Å². The Kier molecular flexibility index (Phi) is 4.98. The van der Waals surface area contributed by atoms with E-state index in [4.69, 9.17) is 4.74 Å². The number of unbranched alkanes of at least 4 members (excludes halogenated alkanes) is 1. The van der Waals surface area contributed by atoms with Gasteiger partial charge in [-0.3, -0.25) is 14.5 Å². The van der Waals surface area contributed by atoms with Crippen LogP contribution in [0.1, 0.15) is 60.6 Å². The molecule has 0 atom stereocenters. The second-order valence-corrected chi connectivity index (χ2v) is 8.03. The van der Waals surface area contributed by atoms with Crippen LogP contribution in [0.5, 0.6) is 11.5 Å². The molecular weight excluding hydrogens is 406 g/mol. The molecule has 0 saturated carbocycles. The highest BCUT2D eigenvalue weighted by Crippen LogP contribution is 2.39. The van der Waals surface area contributed by atoms with E-state index in [0.29, 0.717) is 54.7 Å². The molecule has 1 N–H and O–H groups in total. The lowest BCUT2D eigenvalue weighted by atomic mass is 9.90. The molecule has 0 aliphatic carbocycles. The Balaban J connectivity index is 1.28. The number of hydrogen-bond donors (Lipinski definition) is 1. The SMILES string of the molecule is O=C(O)c1c(CCCCN2C(=O)c3ccccc3C2=O)ccc2c1Cc1ccccc1O2. The number of carboxylic acids is 1. The van der Waals surface area contributed by atoms with E-state index in [1.807, 2.05) is 30.3 Å². The van der Waals surface area contributed by atoms with Gasteiger partial charge in [0.1, 0.15) is 11.5 Å². The molecule has 0 spiro atoms. The topological polar surface area (TPSA) is 83.9 Å². The molecule has 2 heterocycles. The van der Waals surface area contributed by atoms with Gasteiger partial charge in [-0.05, 0) is 54.7 Å². The number of fused-ring (bicyclic) bond motifs is 3. The van der Waals surface area contributed by atoms with Gasteiger partial charge in [0.05, 0.1) is 16.7 Å². The number of rotatable bonds is 6. The summed E-state index contributed by atoms with van der Waals surface area (Å²) in [7, 11) is 0. The molecule has 160 valence electrons. The van der Waals surface area contributed by atoms with E-state index in [9.17, 15) is 19.5 Å². The van der Waals surface area contributed by atoms with E-state index in [2.05, 4.69) is 0 Å². The maximum absolute atomic E-state index is 12.5. The van der Waals surface area contributed by atoms with E-state index in [1.165, 1.54) is 4.90 Å². The summed E-state index contributed by atoms with van der Waals surface area (Å²) >= 11 is 0. The monoisotopic (exact) mass is 427 g/mol. The lowest BCUT2D eigenvalue weighted by Gasteiger charge is -2.23. The van der Waals surface area contributed by atoms with E-state index >= 15 is 0 Å². The fraction of sp³-hybridized carbons (Fsp3) is 0.192. The van der Waals surface area contributed by atoms with Crippen LogP contribution >= 0.6 is 0 Å². The molecular formula is C26H21NO5. The smallest absolute Gasteiger partial charge is 0.336 e. The van der Waals surface area contributed by atoms with Crippen molar-refractivity contribution in [3.8, 4) is 11.5 Å². The van der Waals surface area contributed by atoms with Gasteiger partial charge in [0.25, 0.3) is 11.8 Å². The number of carbonyl (C=O) groups excluding carboxylic acids is 2. The largest absolute Gasteiger partial charge is 0.478 e. The number of para-hydroxylation sites is 1. The number of benzene rings is 3. The Morgan fingerprint density at radius 1 is 0.875 bits per heavy atom. The van der Waals surface area contributed by atoms with Gasteiger partial charge in [-0.1, -0.05) is 36.4 Å². The molecule has 2 aliphatic rings. The summed E-state index contributed by atoms with van der Waals surface area (Å²) in [6.07, 6.45) is 2.31. The maximum Gasteiger partial charge on any atom is 0.336 e. The van der Waals surface area contributed by atoms with Crippen LogP contribution in [0.25, 0.3) is 0 Å². The van der Waals surface area contributed by atoms with Crippen LogP contribution < -0.4 is 4.74 Å². The van der Waals surface area contributed by atoms with Gasteiger partial charge < -0.3 is 9.84 Å². The number of nitrogens with zero attached hydrogens (tertiary/aromatic N) is 1. The van der Waals surface area contributed by atoms with E-state index in [1.54, 1.807) is 30.3 Å². The van der Waals surface area contributed by atoms with Crippen molar-refractivity contribution in [2.45, 2.75) is 25.7 Å². The molecule has 0 fully saturated rings. The lowest BCUT2D eigenvalue weighted by molar-refractivity contribution is 0.0649. The minimum Gasteiger partial charge on any atom is -0.478 e. The average Bonchev–Trinajstić information content (AvgIpc) is 3.04. The molecule has 2 aliphatic heterocycles. The summed E-state index contributed by atoms with van der Waals surface area (Å²) < 4.78 is 5.93. The van der Waals surface area contributed by atoms with Crippen molar-refractivity contribution in [2.24, 2.45) is 0 Å². The Morgan fingerprint density at radius 3 is 2.28 bits per heavy atom. The highest BCUT2D eigenvalue weighted by Gasteiger charge is 2.34. The number of aryl methyl sites for hydroxylation is 1. The number of carboxylic acid groups (broad SMARTS) is 1. The predicted molar refractivity (Wildman–Crippen MR) is 117 cm³/mol. The molecule has 0 saturated heterocycles. The Morgan fingerprint density at radius 2 is 1.56 bits per heavy atom. The standard InChI is InChI=1S/C26H21NO5/c28-24-18-9-2-3-10-19(18)25(29)27(24)14-6-5-7-16-12-13-22-20(23(16)26(30)31)15-17-8-1-4-11-21(17)32-22/h1-4,8-13H,5-7,14-15H2,(H,30,31). The number of ether oxygens (including phenoxy) is 1. The Labute approximate surface area is 185 Å². The number of carbonyl (C=O) groups is 3. The molecule has 6 heteroatoms. The molecule has 2 amide bonds. The summed E-state index contributed by atoms with van der Waals surface area (Å²) in [5.74, 6) is -0.163. The third-order valence-corrected chi connectivity index (χ3v) is 6.09. The first-order valence-corrected chi connectivity index (χ1v) is 10.6. The first kappa shape index (κ1) is 20.0. The first-order valence-electron chi connectivity index (χ1n) is 10.6. The predicted octanol–water partition coefficient (Wildman–Crippen LogP) is 4.70. The van der Waals surface area contributed by atoms with Gasteiger partial charge in [0, 0.05) is 18.5 Å². The minimum atomic E-state index is -0.972. The number of amides is 2. The van der Waals surface area contributed by atoms with Crippen molar-refractivity contribution in [3.63, 3.8) is 0 Å². The van der Waals surface area contributed by atoms with Crippen molar-refractivity contribution >= 4 is 17.8 Å². The average molecular weight is 427 g/mol. The number of hydrogen-bond acceptors (Lipinski definition) is 4. The Bertz CT molecular complexity index is 1230. The summed E-state index contributed by atoms with van der Waals surface area (Å²) in [5, 5.41) is 9.92. The molecule has 6 nitrogen and oxygen atoms in total. The van der Waals surface area contributed by atoms with Gasteiger partial charge >= 0.3 is 5.97 Å². The van der Waals surface area contributed by atoms with Gasteiger partial charge in [-0.2, -0.15) is 0 Å². The molecule has 0 bridgehead atoms. The second-order valence-electron chi connectivity index (χ2n) is 8.03. The molecule has 0 aromatic heterocycles. The van der Waals surface area contributed by atoms with Gasteiger partial charge in [0.2, 0.25) is 0 Å². The quantitative estimate of drug-likeness (QED) is 0.356. The van der Waals surface area contributed by atoms with E-state index in [-0.39, 0.29) is 17.4 Å². The van der Waals surface area contributed by atoms with Crippen LogP contribution in [0.2, 0.25) is 0 Å². The number of imide groups is 1. The van der Waals surface area contributed by atoms with Gasteiger partial charge in [-0.25, -0.2) is 4.79 Å². The van der Waals surface area contributed by atoms with Crippen LogP contribution in [0.15, 0.2) is 60.7 Å². The van der Waals surface area contributed by atoms with Crippen LogP contribution in [0.4, 0.5) is 0 Å². The van der Waals surface area contributed by atoms with Gasteiger partial charge in [-0.15, -0.1) is 0 Å². The second kappa shape index (κ2) is 7.96. The first-order chi connectivity index (χ1) is 15.5. The molecule has 0 radical (unpaired) electrons. The molecule has 3 aromatic rings. The third-order valence-electron chi connectivity index (χ3n) is 6.09. The Hall–Kier alpha value is -3.93. The molecule has 32 heavy (non-hydrogen) atoms. The van der Waals surface area contributed by atoms with Crippen molar-refractivity contribution in [3.05, 3.63) is 94.0 Å². The number of aromatic carboxylic acids is 1. The van der Waals surface area contributed by atoms with E-state index < -0.39 is 5.97 Å². The highest BCUT2D eigenvalue weighted by atomic mass is 16.5. The molecule has 0 unspecified atom stereocenters. The molecule has 5 rings (SSSR count). The van der Waals surface area contributed by atoms with Gasteiger partial charge in [0.15, 0.2) is 0 Å². The van der Waals surface area contributed by atoms with Crippen molar-refractivity contribution in [2.75, 3.05) is 6.54 Å². The summed E-state index contributed by atoms with van der Waals surface area (Å²) in [5.41, 5.74) is 3.57. The highest BCUT2D eigenvalue weighted by molar-refractivity contribution is 6.21. The van der Waals surface area contributed by atoms with Crippen molar-refractivity contribution in [1.82, 2.24) is 4.90 Å². The van der Waals surface area contributed by atoms with Crippen LogP contribution in [-0.2, 0) is 12.8 Å². The van der Waals surface area contributed by atoms with Crippen molar-refractivity contribution < 1.29 is 24.2 Å². The fourth-order valence-electron chi connectivity index (χ4n) is 4.51. The normalized spacial score (nSPS) is 13.9. The zero-order valence-corrected chi connectivity index (χ0v) is 17.3. The summed E-state index contributed by atoms with van der Waals surface area (Å²) in [6, 6.07) is 18.1. The summed E-state index contributed by atoms with van der Waals surface area (Å²) in [4.78, 5) is 38.4. The zero-order valence-electron chi connectivity index (χ0n) is 17.3. The molecule has 3 aromatic carbocycles. The fourth-order valence-corrected chi connectivity index (χ4v) is 4.51. The van der Waals surface area contributed by atoms with Crippen LogP contribution in [-0.4, -0.2) is 34.3 Å². The van der Waals surface area contributed by atoms with Crippen LogP contribution in [0.3, 0.4) is 0 Å². The van der Waals surface area contributed by atoms with E-state index in [0.717, 1.165) is 16.9 Å². The summed E-state index contributed by atoms with van der Waals surface area (Å²) in [6.45, 7) is 0.316. The van der Waals surface area contributed by atoms with Crippen molar-refractivity contribution in [1.29, 1.82) is 0 Å². The zero-order chi connectivity index (χ0) is 22.2.